The van der Waals surface area contributed by atoms with E-state index in [2.05, 4.69) is 19.2 Å². The summed E-state index contributed by atoms with van der Waals surface area (Å²) in [6.45, 7) is 7.78. The van der Waals surface area contributed by atoms with Gasteiger partial charge in [0.2, 0.25) is 5.91 Å². The van der Waals surface area contributed by atoms with E-state index in [-0.39, 0.29) is 24.2 Å². The molecule has 1 saturated heterocycles. The first-order valence-corrected chi connectivity index (χ1v) is 6.82. The summed E-state index contributed by atoms with van der Waals surface area (Å²) in [5.41, 5.74) is 5.53. The van der Waals surface area contributed by atoms with Crippen LogP contribution >= 0.6 is 0 Å². The Morgan fingerprint density at radius 3 is 2.72 bits per heavy atom. The molecule has 0 radical (unpaired) electrons. The number of ether oxygens (including phenoxy) is 2. The maximum Gasteiger partial charge on any atom is 0.249 e. The normalized spacial score (nSPS) is 25.4. The minimum atomic E-state index is -0.346. The lowest BCUT2D eigenvalue weighted by Crippen LogP contribution is -2.46. The van der Waals surface area contributed by atoms with Crippen LogP contribution in [0, 0.1) is 5.92 Å². The van der Waals surface area contributed by atoms with E-state index >= 15 is 0 Å². The largest absolute Gasteiger partial charge is 0.380 e. The Hall–Kier alpha value is -0.650. The Kier molecular flexibility index (Phi) is 6.60. The lowest BCUT2D eigenvalue weighted by Gasteiger charge is -2.24. The van der Waals surface area contributed by atoms with Crippen LogP contribution in [-0.2, 0) is 14.3 Å². The highest BCUT2D eigenvalue weighted by Crippen LogP contribution is 2.19. The molecule has 1 heterocycles. The van der Waals surface area contributed by atoms with Crippen molar-refractivity contribution in [1.82, 2.24) is 5.32 Å². The van der Waals surface area contributed by atoms with Gasteiger partial charge in [0.05, 0.1) is 18.8 Å². The van der Waals surface area contributed by atoms with Gasteiger partial charge in [0.1, 0.15) is 6.10 Å². The molecule has 0 aromatic heterocycles. The fraction of sp³-hybridized carbons (Fsp3) is 0.923. The van der Waals surface area contributed by atoms with Crippen molar-refractivity contribution in [3.63, 3.8) is 0 Å². The van der Waals surface area contributed by atoms with Gasteiger partial charge in [-0.05, 0) is 25.7 Å². The molecule has 3 atom stereocenters. The van der Waals surface area contributed by atoms with Gasteiger partial charge in [-0.1, -0.05) is 13.8 Å². The first-order chi connectivity index (χ1) is 8.58. The van der Waals surface area contributed by atoms with E-state index in [1.807, 2.05) is 6.92 Å². The van der Waals surface area contributed by atoms with Crippen LogP contribution in [0.15, 0.2) is 0 Å². The molecule has 18 heavy (non-hydrogen) atoms. The van der Waals surface area contributed by atoms with Crippen molar-refractivity contribution in [2.75, 3.05) is 19.8 Å². The van der Waals surface area contributed by atoms with Gasteiger partial charge < -0.3 is 20.5 Å². The molecule has 0 aromatic carbocycles. The molecule has 5 nitrogen and oxygen atoms in total. The smallest absolute Gasteiger partial charge is 0.249 e. The second-order valence-corrected chi connectivity index (χ2v) is 5.08. The lowest BCUT2D eigenvalue weighted by molar-refractivity contribution is -0.133. The molecular weight excluding hydrogens is 232 g/mol. The third-order valence-corrected chi connectivity index (χ3v) is 3.30. The quantitative estimate of drug-likeness (QED) is 0.704. The minimum Gasteiger partial charge on any atom is -0.380 e. The summed E-state index contributed by atoms with van der Waals surface area (Å²) in [6, 6.07) is 0.0398. The van der Waals surface area contributed by atoms with Gasteiger partial charge >= 0.3 is 0 Å². The number of amides is 1. The number of nitrogens with two attached hydrogens (primary N) is 1. The van der Waals surface area contributed by atoms with E-state index in [0.29, 0.717) is 25.7 Å². The Morgan fingerprint density at radius 2 is 2.22 bits per heavy atom. The van der Waals surface area contributed by atoms with E-state index in [4.69, 9.17) is 15.2 Å². The number of carbonyl (C=O) groups excluding carboxylic acids is 1. The van der Waals surface area contributed by atoms with Gasteiger partial charge in [0.25, 0.3) is 0 Å². The molecule has 0 bridgehead atoms. The van der Waals surface area contributed by atoms with Gasteiger partial charge in [-0.2, -0.15) is 0 Å². The molecule has 1 aliphatic heterocycles. The van der Waals surface area contributed by atoms with E-state index in [1.54, 1.807) is 0 Å². The van der Waals surface area contributed by atoms with Crippen molar-refractivity contribution < 1.29 is 14.3 Å². The summed E-state index contributed by atoms with van der Waals surface area (Å²) in [5, 5.41) is 3.01. The van der Waals surface area contributed by atoms with Gasteiger partial charge in [-0.25, -0.2) is 0 Å². The summed E-state index contributed by atoms with van der Waals surface area (Å²) in [5.74, 6) is 0.302. The highest BCUT2D eigenvalue weighted by atomic mass is 16.5. The fourth-order valence-corrected chi connectivity index (χ4v) is 1.99. The fourth-order valence-electron chi connectivity index (χ4n) is 1.99. The highest BCUT2D eigenvalue weighted by molar-refractivity contribution is 5.81. The number of rotatable bonds is 7. The first-order valence-electron chi connectivity index (χ1n) is 6.82. The molecule has 5 heteroatoms. The molecule has 106 valence electrons. The monoisotopic (exact) mass is 258 g/mol. The maximum absolute atomic E-state index is 12.1. The topological polar surface area (TPSA) is 73.6 Å². The van der Waals surface area contributed by atoms with Gasteiger partial charge in [0, 0.05) is 13.2 Å². The predicted octanol–water partition coefficient (Wildman–Crippen LogP) is 0.670. The Bertz CT molecular complexity index is 259. The zero-order chi connectivity index (χ0) is 13.5. The molecule has 1 rings (SSSR count). The van der Waals surface area contributed by atoms with Crippen molar-refractivity contribution in [3.8, 4) is 0 Å². The van der Waals surface area contributed by atoms with Crippen LogP contribution in [0.3, 0.4) is 0 Å². The molecule has 3 unspecified atom stereocenters. The van der Waals surface area contributed by atoms with Crippen LogP contribution in [0.5, 0.6) is 0 Å². The van der Waals surface area contributed by atoms with Crippen molar-refractivity contribution in [2.24, 2.45) is 11.7 Å². The van der Waals surface area contributed by atoms with Crippen LogP contribution in [0.2, 0.25) is 0 Å². The van der Waals surface area contributed by atoms with Crippen LogP contribution in [-0.4, -0.2) is 43.9 Å². The van der Waals surface area contributed by atoms with Crippen molar-refractivity contribution in [1.29, 1.82) is 0 Å². The molecule has 1 fully saturated rings. The molecule has 3 N–H and O–H groups in total. The average molecular weight is 258 g/mol. The van der Waals surface area contributed by atoms with E-state index in [0.717, 1.165) is 12.8 Å². The van der Waals surface area contributed by atoms with Crippen LogP contribution in [0.25, 0.3) is 0 Å². The molecule has 1 aliphatic rings. The maximum atomic E-state index is 12.1. The molecule has 0 aromatic rings. The second-order valence-electron chi connectivity index (χ2n) is 5.08. The molecule has 0 aliphatic carbocycles. The number of carbonyl (C=O) groups is 1. The van der Waals surface area contributed by atoms with Gasteiger partial charge in [-0.3, -0.25) is 4.79 Å². The van der Waals surface area contributed by atoms with Crippen molar-refractivity contribution >= 4 is 5.91 Å². The SMILES string of the molecule is CCOCC(NC(=O)C1CCC(CN)O1)C(C)C. The summed E-state index contributed by atoms with van der Waals surface area (Å²) < 4.78 is 11.0. The number of nitrogens with one attached hydrogen (secondary N) is 1. The van der Waals surface area contributed by atoms with Crippen LogP contribution in [0.1, 0.15) is 33.6 Å². The molecule has 0 saturated carbocycles. The lowest BCUT2D eigenvalue weighted by atomic mass is 10.0. The average Bonchev–Trinajstić information content (AvgIpc) is 2.82. The Labute approximate surface area is 109 Å². The Morgan fingerprint density at radius 1 is 1.50 bits per heavy atom. The summed E-state index contributed by atoms with van der Waals surface area (Å²) in [6.07, 6.45) is 1.31. The number of hydrogen-bond acceptors (Lipinski definition) is 4. The van der Waals surface area contributed by atoms with E-state index in [1.165, 1.54) is 0 Å². The predicted molar refractivity (Wildman–Crippen MR) is 70.2 cm³/mol. The van der Waals surface area contributed by atoms with Crippen molar-refractivity contribution in [3.05, 3.63) is 0 Å². The highest BCUT2D eigenvalue weighted by Gasteiger charge is 2.31. The third kappa shape index (κ3) is 4.55. The number of hydrogen-bond donors (Lipinski definition) is 2. The zero-order valence-electron chi connectivity index (χ0n) is 11.6. The minimum absolute atomic E-state index is 0.0325. The van der Waals surface area contributed by atoms with E-state index in [9.17, 15) is 4.79 Å². The zero-order valence-corrected chi connectivity index (χ0v) is 11.6. The standard InChI is InChI=1S/C13H26N2O3/c1-4-17-8-11(9(2)3)15-13(16)12-6-5-10(7-14)18-12/h9-12H,4-8,14H2,1-3H3,(H,15,16). The summed E-state index contributed by atoms with van der Waals surface area (Å²) >= 11 is 0. The van der Waals surface area contributed by atoms with Gasteiger partial charge in [0.15, 0.2) is 0 Å². The van der Waals surface area contributed by atoms with E-state index < -0.39 is 0 Å². The van der Waals surface area contributed by atoms with Crippen LogP contribution < -0.4 is 11.1 Å². The molecule has 1 amide bonds. The Balaban J connectivity index is 2.41. The third-order valence-electron chi connectivity index (χ3n) is 3.30. The van der Waals surface area contributed by atoms with Gasteiger partial charge in [-0.15, -0.1) is 0 Å². The molecule has 0 spiro atoms. The first kappa shape index (κ1) is 15.4. The van der Waals surface area contributed by atoms with Crippen LogP contribution in [0.4, 0.5) is 0 Å². The second kappa shape index (κ2) is 7.71. The van der Waals surface area contributed by atoms with Crippen molar-refractivity contribution in [2.45, 2.75) is 51.9 Å². The summed E-state index contributed by atoms with van der Waals surface area (Å²) in [4.78, 5) is 12.1. The summed E-state index contributed by atoms with van der Waals surface area (Å²) in [7, 11) is 0. The molecular formula is C13H26N2O3.